The summed E-state index contributed by atoms with van der Waals surface area (Å²) < 4.78 is -1.87. The van der Waals surface area contributed by atoms with Crippen LogP contribution in [-0.4, -0.2) is 25.8 Å². The molecule has 2 aromatic rings. The van der Waals surface area contributed by atoms with Crippen LogP contribution in [0, 0.1) is 10.1 Å². The topological polar surface area (TPSA) is 97.2 Å². The molecule has 1 heterocycles. The van der Waals surface area contributed by atoms with Crippen LogP contribution in [0.3, 0.4) is 0 Å². The Labute approximate surface area is 158 Å². The molecule has 1 aromatic carbocycles. The van der Waals surface area contributed by atoms with Gasteiger partial charge >= 0.3 is 0 Å². The van der Waals surface area contributed by atoms with Crippen molar-refractivity contribution < 1.29 is 9.72 Å². The monoisotopic (exact) mass is 402 g/mol. The smallest absolute Gasteiger partial charge is 0.282 e. The highest BCUT2D eigenvalue weighted by atomic mass is 35.6. The van der Waals surface area contributed by atoms with Crippen molar-refractivity contribution in [2.24, 2.45) is 0 Å². The van der Waals surface area contributed by atoms with Crippen molar-refractivity contribution in [3.8, 4) is 0 Å². The van der Waals surface area contributed by atoms with Crippen molar-refractivity contribution in [2.75, 3.05) is 0 Å². The lowest BCUT2D eigenvalue weighted by atomic mass is 10.1. The first-order valence-electron chi connectivity index (χ1n) is 7.02. The van der Waals surface area contributed by atoms with Gasteiger partial charge in [0.05, 0.1) is 4.92 Å². The fourth-order valence-electron chi connectivity index (χ4n) is 2.00. The summed E-state index contributed by atoms with van der Waals surface area (Å²) in [5.74, 6) is -0.734. The molecule has 0 radical (unpaired) electrons. The maximum absolute atomic E-state index is 12.4. The van der Waals surface area contributed by atoms with Crippen LogP contribution in [0.25, 0.3) is 0 Å². The number of nitrogens with one attached hydrogen (secondary N) is 2. The van der Waals surface area contributed by atoms with Crippen LogP contribution < -0.4 is 10.6 Å². The van der Waals surface area contributed by atoms with E-state index < -0.39 is 20.8 Å². The highest BCUT2D eigenvalue weighted by Gasteiger charge is 2.34. The second kappa shape index (κ2) is 8.44. The summed E-state index contributed by atoms with van der Waals surface area (Å²) in [5.41, 5.74) is 0.340. The first kappa shape index (κ1) is 19.4. The summed E-state index contributed by atoms with van der Waals surface area (Å²) in [4.78, 5) is 26.8. The molecule has 0 aliphatic heterocycles. The van der Waals surface area contributed by atoms with Crippen LogP contribution in [0.1, 0.15) is 15.9 Å². The number of hydrogen-bond donors (Lipinski definition) is 2. The molecule has 0 spiro atoms. The second-order valence-corrected chi connectivity index (χ2v) is 7.33. The van der Waals surface area contributed by atoms with Gasteiger partial charge in [0.15, 0.2) is 0 Å². The zero-order valence-electron chi connectivity index (χ0n) is 12.7. The Morgan fingerprint density at radius 3 is 2.56 bits per heavy atom. The second-order valence-electron chi connectivity index (χ2n) is 4.96. The number of carbonyl (C=O) groups is 1. The number of pyridine rings is 1. The molecule has 0 saturated heterocycles. The van der Waals surface area contributed by atoms with Gasteiger partial charge in [0.2, 0.25) is 3.79 Å². The SMILES string of the molecule is O=C(N[C@H](NCc1cccnc1)C(Cl)(Cl)Cl)c1ccccc1[N+](=O)[O-]. The Balaban J connectivity index is 2.14. The summed E-state index contributed by atoms with van der Waals surface area (Å²) in [6.45, 7) is 0.267. The van der Waals surface area contributed by atoms with Crippen LogP contribution in [0.2, 0.25) is 0 Å². The number of nitro benzene ring substituents is 1. The Morgan fingerprint density at radius 2 is 1.96 bits per heavy atom. The molecule has 0 saturated carbocycles. The number of carbonyl (C=O) groups excluding carboxylic acids is 1. The van der Waals surface area contributed by atoms with Gasteiger partial charge in [0.25, 0.3) is 11.6 Å². The first-order valence-corrected chi connectivity index (χ1v) is 8.15. The van der Waals surface area contributed by atoms with E-state index in [1.54, 1.807) is 24.5 Å². The number of aromatic nitrogens is 1. The molecule has 2 N–H and O–H groups in total. The third kappa shape index (κ3) is 5.54. The van der Waals surface area contributed by atoms with E-state index in [-0.39, 0.29) is 17.8 Å². The number of rotatable bonds is 6. The summed E-state index contributed by atoms with van der Waals surface area (Å²) >= 11 is 17.7. The Morgan fingerprint density at radius 1 is 1.24 bits per heavy atom. The van der Waals surface area contributed by atoms with Crippen LogP contribution in [0.4, 0.5) is 5.69 Å². The number of nitrogens with zero attached hydrogens (tertiary/aromatic N) is 2. The van der Waals surface area contributed by atoms with Gasteiger partial charge in [-0.25, -0.2) is 0 Å². The average Bonchev–Trinajstić information content (AvgIpc) is 2.58. The molecule has 1 aromatic heterocycles. The Hall–Kier alpha value is -1.93. The first-order chi connectivity index (χ1) is 11.8. The van der Waals surface area contributed by atoms with E-state index in [1.807, 2.05) is 0 Å². The maximum atomic E-state index is 12.4. The lowest BCUT2D eigenvalue weighted by Crippen LogP contribution is -2.53. The number of alkyl halides is 3. The molecule has 0 aliphatic rings. The van der Waals surface area contributed by atoms with Gasteiger partial charge in [-0.1, -0.05) is 53.0 Å². The van der Waals surface area contributed by atoms with E-state index in [4.69, 9.17) is 34.8 Å². The van der Waals surface area contributed by atoms with E-state index in [9.17, 15) is 14.9 Å². The van der Waals surface area contributed by atoms with E-state index in [1.165, 1.54) is 24.3 Å². The molecule has 0 aliphatic carbocycles. The molecule has 10 heteroatoms. The summed E-state index contributed by atoms with van der Waals surface area (Å²) in [7, 11) is 0. The number of amides is 1. The standard InChI is InChI=1S/C15H13Cl3N4O3/c16-15(17,18)14(20-9-10-4-3-7-19-8-10)21-13(23)11-5-1-2-6-12(11)22(24)25/h1-8,14,20H,9H2,(H,21,23)/t14-/m0/s1. The highest BCUT2D eigenvalue weighted by molar-refractivity contribution is 6.68. The number of nitro groups is 1. The average molecular weight is 404 g/mol. The van der Waals surface area contributed by atoms with E-state index in [2.05, 4.69) is 15.6 Å². The zero-order valence-corrected chi connectivity index (χ0v) is 14.9. The third-order valence-corrected chi connectivity index (χ3v) is 3.84. The van der Waals surface area contributed by atoms with Gasteiger partial charge in [-0.2, -0.15) is 0 Å². The van der Waals surface area contributed by atoms with Crippen LogP contribution in [0.5, 0.6) is 0 Å². The van der Waals surface area contributed by atoms with Gasteiger partial charge in [0.1, 0.15) is 11.7 Å². The number of para-hydroxylation sites is 1. The highest BCUT2D eigenvalue weighted by Crippen LogP contribution is 2.30. The molecule has 25 heavy (non-hydrogen) atoms. The summed E-state index contributed by atoms with van der Waals surface area (Å²) in [5, 5.41) is 16.4. The molecule has 0 bridgehead atoms. The molecule has 1 atom stereocenters. The fourth-order valence-corrected chi connectivity index (χ4v) is 2.40. The quantitative estimate of drug-likeness (QED) is 0.334. The minimum atomic E-state index is -1.87. The predicted octanol–water partition coefficient (Wildman–Crippen LogP) is 3.21. The van der Waals surface area contributed by atoms with Gasteiger partial charge in [-0.05, 0) is 17.7 Å². The Bertz CT molecular complexity index is 753. The zero-order chi connectivity index (χ0) is 18.4. The van der Waals surface area contributed by atoms with Crippen molar-refractivity contribution in [2.45, 2.75) is 16.5 Å². The van der Waals surface area contributed by atoms with Gasteiger partial charge in [0, 0.05) is 25.0 Å². The van der Waals surface area contributed by atoms with Gasteiger partial charge < -0.3 is 5.32 Å². The molecular formula is C15H13Cl3N4O3. The minimum Gasteiger partial charge on any atom is -0.332 e. The van der Waals surface area contributed by atoms with Crippen LogP contribution in [0.15, 0.2) is 48.8 Å². The Kier molecular flexibility index (Phi) is 6.55. The van der Waals surface area contributed by atoms with E-state index in [0.29, 0.717) is 0 Å². The summed E-state index contributed by atoms with van der Waals surface area (Å²) in [6.07, 6.45) is 2.16. The van der Waals surface area contributed by atoms with Crippen molar-refractivity contribution in [1.29, 1.82) is 0 Å². The molecular weight excluding hydrogens is 391 g/mol. The molecule has 0 unspecified atom stereocenters. The van der Waals surface area contributed by atoms with Gasteiger partial charge in [-0.15, -0.1) is 0 Å². The number of hydrogen-bond acceptors (Lipinski definition) is 5. The lowest BCUT2D eigenvalue weighted by molar-refractivity contribution is -0.385. The maximum Gasteiger partial charge on any atom is 0.282 e. The van der Waals surface area contributed by atoms with E-state index in [0.717, 1.165) is 5.56 Å². The number of benzene rings is 1. The predicted molar refractivity (Wildman–Crippen MR) is 95.7 cm³/mol. The van der Waals surface area contributed by atoms with E-state index >= 15 is 0 Å². The minimum absolute atomic E-state index is 0.130. The fraction of sp³-hybridized carbons (Fsp3) is 0.200. The molecule has 2 rings (SSSR count). The molecule has 132 valence electrons. The van der Waals surface area contributed by atoms with Crippen LogP contribution >= 0.6 is 34.8 Å². The van der Waals surface area contributed by atoms with Crippen molar-refractivity contribution in [1.82, 2.24) is 15.6 Å². The normalized spacial score (nSPS) is 12.4. The number of halogens is 3. The van der Waals surface area contributed by atoms with Gasteiger partial charge in [-0.3, -0.25) is 25.2 Å². The van der Waals surface area contributed by atoms with Crippen molar-refractivity contribution in [3.63, 3.8) is 0 Å². The lowest BCUT2D eigenvalue weighted by Gasteiger charge is -2.26. The summed E-state index contributed by atoms with van der Waals surface area (Å²) in [6, 6.07) is 9.07. The molecule has 1 amide bonds. The van der Waals surface area contributed by atoms with Crippen molar-refractivity contribution in [3.05, 3.63) is 70.0 Å². The molecule has 7 nitrogen and oxygen atoms in total. The third-order valence-electron chi connectivity index (χ3n) is 3.18. The molecule has 0 fully saturated rings. The van der Waals surface area contributed by atoms with Crippen molar-refractivity contribution >= 4 is 46.4 Å². The van der Waals surface area contributed by atoms with Crippen LogP contribution in [-0.2, 0) is 6.54 Å². The largest absolute Gasteiger partial charge is 0.332 e.